The molecule has 2 aromatic rings. The number of thiocarbonyl (C=S) groups is 1. The van der Waals surface area contributed by atoms with Gasteiger partial charge in [-0.05, 0) is 63.3 Å². The van der Waals surface area contributed by atoms with Gasteiger partial charge in [0.15, 0.2) is 5.11 Å². The molecule has 5 nitrogen and oxygen atoms in total. The first-order valence-corrected chi connectivity index (χ1v) is 9.21. The maximum atomic E-state index is 12.5. The number of halogens is 2. The first-order chi connectivity index (χ1) is 12.5. The lowest BCUT2D eigenvalue weighted by molar-refractivity contribution is 0.0919. The van der Waals surface area contributed by atoms with Crippen molar-refractivity contribution in [2.75, 3.05) is 5.32 Å². The van der Waals surface area contributed by atoms with Gasteiger partial charge in [0.1, 0.15) is 0 Å². The summed E-state index contributed by atoms with van der Waals surface area (Å²) in [6.07, 6.45) is 0. The molecule has 0 bridgehead atoms. The number of carbonyl (C=O) groups is 2. The third kappa shape index (κ3) is 6.50. The first-order valence-electron chi connectivity index (χ1n) is 8.05. The van der Waals surface area contributed by atoms with Crippen molar-refractivity contribution in [3.05, 3.63) is 63.6 Å². The molecule has 142 valence electrons. The molecule has 0 fully saturated rings. The van der Waals surface area contributed by atoms with E-state index in [1.807, 2.05) is 20.8 Å². The van der Waals surface area contributed by atoms with E-state index in [-0.39, 0.29) is 22.1 Å². The van der Waals surface area contributed by atoms with Crippen molar-refractivity contribution in [1.82, 2.24) is 10.6 Å². The van der Waals surface area contributed by atoms with Crippen LogP contribution in [0.2, 0.25) is 10.0 Å². The van der Waals surface area contributed by atoms with Gasteiger partial charge in [-0.15, -0.1) is 0 Å². The number of amides is 2. The fourth-order valence-corrected chi connectivity index (χ4v) is 2.94. The summed E-state index contributed by atoms with van der Waals surface area (Å²) in [4.78, 5) is 24.8. The Balaban J connectivity index is 2.12. The fraction of sp³-hybridized carbons (Fsp3) is 0.211. The van der Waals surface area contributed by atoms with Crippen molar-refractivity contribution >= 4 is 58.0 Å². The quantitative estimate of drug-likeness (QED) is 0.628. The second-order valence-electron chi connectivity index (χ2n) is 6.82. The summed E-state index contributed by atoms with van der Waals surface area (Å²) >= 11 is 17.0. The van der Waals surface area contributed by atoms with E-state index in [4.69, 9.17) is 35.4 Å². The predicted octanol–water partition coefficient (Wildman–Crippen LogP) is 4.65. The van der Waals surface area contributed by atoms with Crippen LogP contribution in [0.1, 0.15) is 41.5 Å². The molecule has 27 heavy (non-hydrogen) atoms. The number of carbonyl (C=O) groups excluding carboxylic acids is 2. The Morgan fingerprint density at radius 2 is 1.56 bits per heavy atom. The van der Waals surface area contributed by atoms with Gasteiger partial charge in [-0.25, -0.2) is 0 Å². The Kier molecular flexibility index (Phi) is 6.81. The van der Waals surface area contributed by atoms with Crippen molar-refractivity contribution in [2.45, 2.75) is 26.3 Å². The molecule has 0 aliphatic carbocycles. The Morgan fingerprint density at radius 1 is 0.963 bits per heavy atom. The minimum absolute atomic E-state index is 0.0482. The molecule has 0 atom stereocenters. The third-order valence-electron chi connectivity index (χ3n) is 3.26. The molecule has 0 aromatic heterocycles. The summed E-state index contributed by atoms with van der Waals surface area (Å²) in [6.45, 7) is 5.67. The van der Waals surface area contributed by atoms with E-state index in [2.05, 4.69) is 16.0 Å². The van der Waals surface area contributed by atoms with Crippen molar-refractivity contribution in [3.8, 4) is 0 Å². The normalized spacial score (nSPS) is 10.9. The van der Waals surface area contributed by atoms with Crippen LogP contribution in [0.25, 0.3) is 0 Å². The summed E-state index contributed by atoms with van der Waals surface area (Å²) < 4.78 is 0. The molecule has 0 unspecified atom stereocenters. The number of nitrogens with one attached hydrogen (secondary N) is 3. The molecular formula is C19H19Cl2N3O2S. The number of benzene rings is 2. The predicted molar refractivity (Wildman–Crippen MR) is 114 cm³/mol. The molecule has 2 aromatic carbocycles. The summed E-state index contributed by atoms with van der Waals surface area (Å²) in [5, 5.41) is 9.05. The molecule has 8 heteroatoms. The fourth-order valence-electron chi connectivity index (χ4n) is 2.21. The summed E-state index contributed by atoms with van der Waals surface area (Å²) in [6, 6.07) is 11.4. The van der Waals surface area contributed by atoms with Gasteiger partial charge in [0.2, 0.25) is 0 Å². The zero-order valence-electron chi connectivity index (χ0n) is 15.0. The molecule has 0 radical (unpaired) electrons. The molecule has 3 N–H and O–H groups in total. The molecule has 0 aliphatic rings. The highest BCUT2D eigenvalue weighted by Gasteiger charge is 2.18. The van der Waals surface area contributed by atoms with E-state index in [1.165, 1.54) is 18.2 Å². The average molecular weight is 424 g/mol. The largest absolute Gasteiger partial charge is 0.347 e. The van der Waals surface area contributed by atoms with Gasteiger partial charge in [-0.2, -0.15) is 0 Å². The van der Waals surface area contributed by atoms with Crippen LogP contribution in [-0.2, 0) is 0 Å². The van der Waals surface area contributed by atoms with Crippen LogP contribution in [0, 0.1) is 0 Å². The lowest BCUT2D eigenvalue weighted by Crippen LogP contribution is -2.41. The van der Waals surface area contributed by atoms with Crippen molar-refractivity contribution in [2.24, 2.45) is 0 Å². The molecular weight excluding hydrogens is 405 g/mol. The van der Waals surface area contributed by atoms with Crippen LogP contribution in [0.3, 0.4) is 0 Å². The minimum Gasteiger partial charge on any atom is -0.347 e. The van der Waals surface area contributed by atoms with E-state index in [0.717, 1.165) is 0 Å². The Hall–Kier alpha value is -2.15. The second-order valence-corrected chi connectivity index (χ2v) is 8.10. The van der Waals surface area contributed by atoms with E-state index in [9.17, 15) is 9.59 Å². The maximum absolute atomic E-state index is 12.5. The van der Waals surface area contributed by atoms with Crippen molar-refractivity contribution < 1.29 is 9.59 Å². The molecule has 0 heterocycles. The lowest BCUT2D eigenvalue weighted by Gasteiger charge is -2.21. The molecule has 0 saturated carbocycles. The molecule has 2 rings (SSSR count). The van der Waals surface area contributed by atoms with Crippen LogP contribution in [0.4, 0.5) is 5.69 Å². The summed E-state index contributed by atoms with van der Waals surface area (Å²) in [5.74, 6) is -0.713. The average Bonchev–Trinajstić information content (AvgIpc) is 2.52. The Bertz CT molecular complexity index is 875. The smallest absolute Gasteiger partial charge is 0.257 e. The first kappa shape index (κ1) is 21.2. The topological polar surface area (TPSA) is 70.2 Å². The Labute approximate surface area is 173 Å². The van der Waals surface area contributed by atoms with E-state index in [0.29, 0.717) is 21.3 Å². The zero-order chi connectivity index (χ0) is 20.2. The highest BCUT2D eigenvalue weighted by molar-refractivity contribution is 7.80. The highest BCUT2D eigenvalue weighted by Crippen LogP contribution is 2.19. The molecule has 2 amide bonds. The van der Waals surface area contributed by atoms with Gasteiger partial charge in [-0.1, -0.05) is 35.3 Å². The van der Waals surface area contributed by atoms with Crippen LogP contribution in [0.15, 0.2) is 42.5 Å². The van der Waals surface area contributed by atoms with Crippen LogP contribution >= 0.6 is 35.4 Å². The summed E-state index contributed by atoms with van der Waals surface area (Å²) in [7, 11) is 0. The van der Waals surface area contributed by atoms with Gasteiger partial charge in [-0.3, -0.25) is 14.9 Å². The van der Waals surface area contributed by atoms with E-state index in [1.54, 1.807) is 24.3 Å². The number of para-hydroxylation sites is 1. The minimum atomic E-state index is -0.464. The number of hydrogen-bond donors (Lipinski definition) is 3. The maximum Gasteiger partial charge on any atom is 0.257 e. The van der Waals surface area contributed by atoms with Gasteiger partial charge in [0.05, 0.1) is 11.3 Å². The summed E-state index contributed by atoms with van der Waals surface area (Å²) in [5.41, 5.74) is 0.781. The van der Waals surface area contributed by atoms with Crippen molar-refractivity contribution in [1.29, 1.82) is 0 Å². The number of rotatable bonds is 3. The molecule has 0 aliphatic heterocycles. The van der Waals surface area contributed by atoms with Gasteiger partial charge >= 0.3 is 0 Å². The van der Waals surface area contributed by atoms with Gasteiger partial charge in [0.25, 0.3) is 11.8 Å². The lowest BCUT2D eigenvalue weighted by atomic mass is 10.1. The molecule has 0 spiro atoms. The van der Waals surface area contributed by atoms with Gasteiger partial charge < -0.3 is 10.6 Å². The number of anilines is 1. The third-order valence-corrected chi connectivity index (χ3v) is 3.90. The van der Waals surface area contributed by atoms with Crippen LogP contribution in [0.5, 0.6) is 0 Å². The van der Waals surface area contributed by atoms with E-state index < -0.39 is 5.91 Å². The van der Waals surface area contributed by atoms with Gasteiger partial charge in [0, 0.05) is 21.1 Å². The highest BCUT2D eigenvalue weighted by atomic mass is 35.5. The SMILES string of the molecule is CC(C)(C)NC(=O)c1ccccc1NC(=S)NC(=O)c1cc(Cl)cc(Cl)c1. The van der Waals surface area contributed by atoms with Crippen LogP contribution in [-0.4, -0.2) is 22.5 Å². The standard InChI is InChI=1S/C19H19Cl2N3O2S/c1-19(2,3)24-17(26)14-6-4-5-7-15(14)22-18(27)23-16(25)11-8-12(20)10-13(21)9-11/h4-10H,1-3H3,(H,24,26)(H2,22,23,25,27). The van der Waals surface area contributed by atoms with Crippen molar-refractivity contribution in [3.63, 3.8) is 0 Å². The van der Waals surface area contributed by atoms with Crippen LogP contribution < -0.4 is 16.0 Å². The Morgan fingerprint density at radius 3 is 2.15 bits per heavy atom. The zero-order valence-corrected chi connectivity index (χ0v) is 17.4. The second kappa shape index (κ2) is 8.69. The number of hydrogen-bond acceptors (Lipinski definition) is 3. The monoisotopic (exact) mass is 423 g/mol. The van der Waals surface area contributed by atoms with E-state index >= 15 is 0 Å². The molecule has 0 saturated heterocycles.